The summed E-state index contributed by atoms with van der Waals surface area (Å²) in [7, 11) is 1.51. The maximum absolute atomic E-state index is 13.0. The van der Waals surface area contributed by atoms with E-state index in [1.165, 1.54) is 18.8 Å². The molecule has 3 aromatic heterocycles. The van der Waals surface area contributed by atoms with Crippen molar-refractivity contribution in [3.05, 3.63) is 56.8 Å². The van der Waals surface area contributed by atoms with E-state index in [1.807, 2.05) is 45.0 Å². The molecule has 0 aliphatic rings. The van der Waals surface area contributed by atoms with Crippen LogP contribution in [0.1, 0.15) is 51.2 Å². The molecular weight excluding hydrogens is 426 g/mol. The van der Waals surface area contributed by atoms with Crippen LogP contribution in [0.15, 0.2) is 43.3 Å². The second-order valence-corrected chi connectivity index (χ2v) is 9.15. The molecule has 3 heterocycles. The third-order valence-corrected chi connectivity index (χ3v) is 6.30. The summed E-state index contributed by atoms with van der Waals surface area (Å²) in [5.41, 5.74) is 1.38. The van der Waals surface area contributed by atoms with E-state index in [-0.39, 0.29) is 17.2 Å². The Bertz CT molecular complexity index is 1350. The molecule has 0 aliphatic heterocycles. The second-order valence-electron chi connectivity index (χ2n) is 8.07. The Morgan fingerprint density at radius 1 is 1.12 bits per heavy atom. The lowest BCUT2D eigenvalue weighted by Crippen LogP contribution is -2.39. The van der Waals surface area contributed by atoms with Gasteiger partial charge in [-0.1, -0.05) is 32.9 Å². The zero-order valence-corrected chi connectivity index (χ0v) is 19.6. The number of hydrogen-bond acceptors (Lipinski definition) is 7. The Balaban J connectivity index is 1.64. The largest absolute Gasteiger partial charge is 0.441 e. The third-order valence-electron chi connectivity index (χ3n) is 5.24. The molecule has 0 amide bonds. The van der Waals surface area contributed by atoms with E-state index in [2.05, 4.69) is 9.97 Å². The van der Waals surface area contributed by atoms with E-state index >= 15 is 0 Å². The number of aryl methyl sites for hydroxylation is 2. The molecule has 0 atom stereocenters. The first-order valence-electron chi connectivity index (χ1n) is 10.9. The molecule has 0 saturated carbocycles. The summed E-state index contributed by atoms with van der Waals surface area (Å²) in [6.07, 6.45) is 2.27. The number of para-hydroxylation sites is 2. The molecule has 0 aliphatic carbocycles. The molecule has 4 rings (SSSR count). The summed E-state index contributed by atoms with van der Waals surface area (Å²) < 4.78 is 8.54. The molecule has 0 N–H and O–H groups in total. The molecule has 8 nitrogen and oxygen atoms in total. The molecule has 0 unspecified atom stereocenters. The normalized spacial score (nSPS) is 11.8. The van der Waals surface area contributed by atoms with Gasteiger partial charge in [0.2, 0.25) is 0 Å². The zero-order valence-electron chi connectivity index (χ0n) is 18.8. The van der Waals surface area contributed by atoms with E-state index in [1.54, 1.807) is 4.57 Å². The quantitative estimate of drug-likeness (QED) is 0.227. The van der Waals surface area contributed by atoms with Crippen molar-refractivity contribution in [3.8, 4) is 0 Å². The van der Waals surface area contributed by atoms with Crippen LogP contribution in [0.3, 0.4) is 0 Å². The zero-order chi connectivity index (χ0) is 22.8. The minimum Gasteiger partial charge on any atom is -0.441 e. The van der Waals surface area contributed by atoms with Gasteiger partial charge in [0, 0.05) is 31.7 Å². The Morgan fingerprint density at radius 2 is 1.91 bits per heavy atom. The molecule has 1 aromatic carbocycles. The highest BCUT2D eigenvalue weighted by atomic mass is 32.2. The number of nitrogens with zero attached hydrogens (tertiary/aromatic N) is 5. The average molecular weight is 454 g/mol. The van der Waals surface area contributed by atoms with E-state index in [9.17, 15) is 9.59 Å². The maximum Gasteiger partial charge on any atom is 0.332 e. The first kappa shape index (κ1) is 22.3. The molecule has 168 valence electrons. The van der Waals surface area contributed by atoms with Crippen LogP contribution in [0.5, 0.6) is 0 Å². The van der Waals surface area contributed by atoms with Crippen LogP contribution in [0.25, 0.3) is 22.1 Å². The van der Waals surface area contributed by atoms with Crippen molar-refractivity contribution in [3.63, 3.8) is 0 Å². The first-order valence-corrected chi connectivity index (χ1v) is 11.9. The number of oxazole rings is 1. The van der Waals surface area contributed by atoms with Crippen molar-refractivity contribution in [1.82, 2.24) is 24.1 Å². The van der Waals surface area contributed by atoms with Crippen molar-refractivity contribution in [1.29, 1.82) is 0 Å². The van der Waals surface area contributed by atoms with Crippen LogP contribution in [0.4, 0.5) is 0 Å². The van der Waals surface area contributed by atoms with E-state index in [4.69, 9.17) is 9.40 Å². The van der Waals surface area contributed by atoms with Crippen LogP contribution in [0, 0.1) is 0 Å². The molecular formula is C23H27N5O3S. The van der Waals surface area contributed by atoms with Crippen molar-refractivity contribution in [2.75, 3.05) is 5.75 Å². The predicted molar refractivity (Wildman–Crippen MR) is 126 cm³/mol. The first-order chi connectivity index (χ1) is 15.4. The minimum absolute atomic E-state index is 0.0766. The van der Waals surface area contributed by atoms with Gasteiger partial charge in [0.05, 0.1) is 0 Å². The molecule has 9 heteroatoms. The smallest absolute Gasteiger partial charge is 0.332 e. The highest BCUT2D eigenvalue weighted by Gasteiger charge is 2.19. The van der Waals surface area contributed by atoms with Crippen LogP contribution in [-0.4, -0.2) is 29.8 Å². The predicted octanol–water partition coefficient (Wildman–Crippen LogP) is 3.89. The number of aromatic nitrogens is 5. The Morgan fingerprint density at radius 3 is 2.62 bits per heavy atom. The standard InChI is InChI=1S/C23H27N5O3S/c1-5-12-28-20-18(22(29)27(4)23(28)30)21(26-19(25-20)14(2)3)32-13-8-11-17-24-15-9-6-7-10-16(15)31-17/h6-7,9-10,14H,5,8,11-13H2,1-4H3. The van der Waals surface area contributed by atoms with E-state index in [0.29, 0.717) is 40.7 Å². The Hall–Kier alpha value is -2.94. The van der Waals surface area contributed by atoms with Crippen LogP contribution in [-0.2, 0) is 20.0 Å². The summed E-state index contributed by atoms with van der Waals surface area (Å²) in [4.78, 5) is 39.5. The van der Waals surface area contributed by atoms with Crippen LogP contribution >= 0.6 is 11.8 Å². The Labute approximate surface area is 189 Å². The van der Waals surface area contributed by atoms with Gasteiger partial charge in [-0.05, 0) is 25.0 Å². The van der Waals surface area contributed by atoms with Gasteiger partial charge in [0.15, 0.2) is 17.1 Å². The molecule has 0 spiro atoms. The van der Waals surface area contributed by atoms with Gasteiger partial charge in [-0.15, -0.1) is 11.8 Å². The second kappa shape index (κ2) is 9.28. The van der Waals surface area contributed by atoms with Gasteiger partial charge in [-0.2, -0.15) is 0 Å². The van der Waals surface area contributed by atoms with Gasteiger partial charge >= 0.3 is 5.69 Å². The van der Waals surface area contributed by atoms with Gasteiger partial charge in [0.1, 0.15) is 21.8 Å². The summed E-state index contributed by atoms with van der Waals surface area (Å²) >= 11 is 1.51. The molecule has 0 saturated heterocycles. The topological polar surface area (TPSA) is 95.8 Å². The molecule has 0 bridgehead atoms. The van der Waals surface area contributed by atoms with Crippen molar-refractivity contribution in [2.45, 2.75) is 57.5 Å². The SMILES string of the molecule is CCCn1c(=O)n(C)c(=O)c2c(SCCCc3nc4ccccc4o3)nc(C(C)C)nc21. The highest BCUT2D eigenvalue weighted by Crippen LogP contribution is 2.26. The van der Waals surface area contributed by atoms with Gasteiger partial charge in [0.25, 0.3) is 5.56 Å². The van der Waals surface area contributed by atoms with Gasteiger partial charge < -0.3 is 4.42 Å². The maximum atomic E-state index is 13.0. The fourth-order valence-electron chi connectivity index (χ4n) is 3.56. The highest BCUT2D eigenvalue weighted by molar-refractivity contribution is 7.99. The third kappa shape index (κ3) is 4.21. The summed E-state index contributed by atoms with van der Waals surface area (Å²) in [6.45, 7) is 6.51. The lowest BCUT2D eigenvalue weighted by molar-refractivity contribution is 0.526. The van der Waals surface area contributed by atoms with Crippen molar-refractivity contribution in [2.24, 2.45) is 7.05 Å². The number of hydrogen-bond donors (Lipinski definition) is 0. The monoisotopic (exact) mass is 453 g/mol. The van der Waals surface area contributed by atoms with E-state index in [0.717, 1.165) is 34.3 Å². The molecule has 4 aromatic rings. The minimum atomic E-state index is -0.353. The van der Waals surface area contributed by atoms with Crippen molar-refractivity contribution < 1.29 is 4.42 Å². The molecule has 0 radical (unpaired) electrons. The summed E-state index contributed by atoms with van der Waals surface area (Å²) in [5, 5.41) is 1.04. The van der Waals surface area contributed by atoms with Crippen LogP contribution < -0.4 is 11.2 Å². The number of rotatable bonds is 8. The average Bonchev–Trinajstić information content (AvgIpc) is 3.20. The van der Waals surface area contributed by atoms with Gasteiger partial charge in [-0.3, -0.25) is 13.9 Å². The van der Waals surface area contributed by atoms with E-state index < -0.39 is 0 Å². The number of fused-ring (bicyclic) bond motifs is 2. The molecule has 32 heavy (non-hydrogen) atoms. The summed E-state index contributed by atoms with van der Waals surface area (Å²) in [6, 6.07) is 7.71. The lowest BCUT2D eigenvalue weighted by atomic mass is 10.2. The lowest BCUT2D eigenvalue weighted by Gasteiger charge is -2.15. The number of benzene rings is 1. The van der Waals surface area contributed by atoms with Crippen LogP contribution in [0.2, 0.25) is 0 Å². The molecule has 0 fully saturated rings. The van der Waals surface area contributed by atoms with Gasteiger partial charge in [-0.25, -0.2) is 19.7 Å². The Kier molecular flexibility index (Phi) is 6.45. The fourth-order valence-corrected chi connectivity index (χ4v) is 4.52. The summed E-state index contributed by atoms with van der Waals surface area (Å²) in [5.74, 6) is 2.15. The fraction of sp³-hybridized carbons (Fsp3) is 0.435. The van der Waals surface area contributed by atoms with Crippen molar-refractivity contribution >= 4 is 33.9 Å². The number of thioether (sulfide) groups is 1.